The molecule has 29 heavy (non-hydrogen) atoms. The van der Waals surface area contributed by atoms with Gasteiger partial charge in [-0.15, -0.1) is 0 Å². The first-order valence-corrected chi connectivity index (χ1v) is 9.36. The normalized spacial score (nSPS) is 10.6. The molecule has 0 aliphatic rings. The van der Waals surface area contributed by atoms with Gasteiger partial charge in [0.15, 0.2) is 6.73 Å². The van der Waals surface area contributed by atoms with Crippen molar-refractivity contribution in [3.63, 3.8) is 0 Å². The van der Waals surface area contributed by atoms with Gasteiger partial charge in [-0.25, -0.2) is 9.78 Å². The molecule has 152 valence electrons. The molecule has 1 aromatic heterocycles. The summed E-state index contributed by atoms with van der Waals surface area (Å²) in [5, 5.41) is 8.21. The van der Waals surface area contributed by atoms with E-state index in [1.165, 1.54) is 6.92 Å². The Balaban J connectivity index is 1.56. The Hall–Kier alpha value is -3.55. The van der Waals surface area contributed by atoms with Crippen LogP contribution in [0.4, 0.5) is 10.5 Å². The molecule has 1 heterocycles. The van der Waals surface area contributed by atoms with Crippen molar-refractivity contribution < 1.29 is 14.3 Å². The van der Waals surface area contributed by atoms with E-state index in [2.05, 4.69) is 20.9 Å². The lowest BCUT2D eigenvalue weighted by molar-refractivity contribution is -0.118. The molecule has 0 radical (unpaired) electrons. The number of rotatable bonds is 7. The highest BCUT2D eigenvalue weighted by molar-refractivity contribution is 5.92. The molecule has 0 atom stereocenters. The van der Waals surface area contributed by atoms with Gasteiger partial charge in [-0.1, -0.05) is 12.1 Å². The second-order valence-corrected chi connectivity index (χ2v) is 6.76. The molecule has 0 saturated carbocycles. The van der Waals surface area contributed by atoms with Crippen LogP contribution >= 0.6 is 0 Å². The van der Waals surface area contributed by atoms with Crippen LogP contribution in [0, 0.1) is 6.92 Å². The zero-order chi connectivity index (χ0) is 20.8. The van der Waals surface area contributed by atoms with Gasteiger partial charge in [0, 0.05) is 32.6 Å². The van der Waals surface area contributed by atoms with Crippen LogP contribution in [0.5, 0.6) is 5.75 Å². The van der Waals surface area contributed by atoms with E-state index in [1.54, 1.807) is 0 Å². The average Bonchev–Trinajstić information content (AvgIpc) is 2.97. The molecule has 0 aliphatic heterocycles. The highest BCUT2D eigenvalue weighted by atomic mass is 16.5. The van der Waals surface area contributed by atoms with E-state index in [9.17, 15) is 9.59 Å². The number of hydrogen-bond donors (Lipinski definition) is 3. The maximum Gasteiger partial charge on any atom is 0.321 e. The van der Waals surface area contributed by atoms with E-state index in [1.807, 2.05) is 61.0 Å². The Labute approximate surface area is 169 Å². The number of ether oxygens (including phenoxy) is 1. The fourth-order valence-corrected chi connectivity index (χ4v) is 2.97. The number of fused-ring (bicyclic) bond motifs is 1. The third kappa shape index (κ3) is 5.47. The third-order valence-electron chi connectivity index (χ3n) is 4.41. The van der Waals surface area contributed by atoms with E-state index in [-0.39, 0.29) is 18.7 Å². The van der Waals surface area contributed by atoms with Crippen molar-refractivity contribution in [1.82, 2.24) is 20.2 Å². The fraction of sp³-hybridized carbons (Fsp3) is 0.286. The molecule has 3 N–H and O–H groups in total. The predicted molar refractivity (Wildman–Crippen MR) is 112 cm³/mol. The number of carbonyl (C=O) groups is 2. The summed E-state index contributed by atoms with van der Waals surface area (Å²) >= 11 is 0. The van der Waals surface area contributed by atoms with E-state index < -0.39 is 0 Å². The number of benzene rings is 2. The number of aromatic nitrogens is 2. The first-order valence-electron chi connectivity index (χ1n) is 9.36. The molecule has 0 fully saturated rings. The van der Waals surface area contributed by atoms with Crippen LogP contribution in [0.15, 0.2) is 42.5 Å². The van der Waals surface area contributed by atoms with E-state index in [0.717, 1.165) is 22.4 Å². The minimum Gasteiger partial charge on any atom is -0.473 e. The molecule has 3 rings (SSSR count). The average molecular weight is 395 g/mol. The van der Waals surface area contributed by atoms with Gasteiger partial charge < -0.3 is 25.3 Å². The number of anilines is 1. The molecule has 3 amide bonds. The number of aryl methyl sites for hydroxylation is 2. The lowest BCUT2D eigenvalue weighted by atomic mass is 10.2. The largest absolute Gasteiger partial charge is 0.473 e. The topological polar surface area (TPSA) is 97.3 Å². The van der Waals surface area contributed by atoms with Crippen molar-refractivity contribution in [2.24, 2.45) is 7.05 Å². The molecule has 8 heteroatoms. The van der Waals surface area contributed by atoms with Crippen molar-refractivity contribution in [2.45, 2.75) is 20.3 Å². The summed E-state index contributed by atoms with van der Waals surface area (Å²) in [6.45, 7) is 4.06. The number of amides is 3. The number of hydrogen-bond acceptors (Lipinski definition) is 4. The van der Waals surface area contributed by atoms with E-state index >= 15 is 0 Å². The lowest BCUT2D eigenvalue weighted by Gasteiger charge is -2.10. The van der Waals surface area contributed by atoms with Gasteiger partial charge >= 0.3 is 6.03 Å². The van der Waals surface area contributed by atoms with Crippen LogP contribution in [0.3, 0.4) is 0 Å². The first kappa shape index (κ1) is 20.2. The highest BCUT2D eigenvalue weighted by Crippen LogP contribution is 2.20. The number of carbonyl (C=O) groups excluding carboxylic acids is 2. The lowest BCUT2D eigenvalue weighted by Crippen LogP contribution is -2.32. The SMILES string of the molecule is CC(=O)NCCc1nc2cc(NC(=O)NCOc3cccc(C)c3)ccc2n1C. The predicted octanol–water partition coefficient (Wildman–Crippen LogP) is 2.72. The molecule has 0 spiro atoms. The Kier molecular flexibility index (Phi) is 6.33. The second kappa shape index (κ2) is 9.09. The summed E-state index contributed by atoms with van der Waals surface area (Å²) < 4.78 is 7.50. The van der Waals surface area contributed by atoms with Crippen molar-refractivity contribution in [2.75, 3.05) is 18.6 Å². The standard InChI is InChI=1S/C21H25N5O3/c1-14-5-4-6-17(11-14)29-13-23-21(28)24-16-7-8-19-18(12-16)25-20(26(19)3)9-10-22-15(2)27/h4-8,11-12H,9-10,13H2,1-3H3,(H,22,27)(H2,23,24,28). The zero-order valence-electron chi connectivity index (χ0n) is 16.8. The Morgan fingerprint density at radius 1 is 1.14 bits per heavy atom. The zero-order valence-corrected chi connectivity index (χ0v) is 16.8. The number of nitrogens with zero attached hydrogens (tertiary/aromatic N) is 2. The van der Waals surface area contributed by atoms with Crippen molar-refractivity contribution in [1.29, 1.82) is 0 Å². The van der Waals surface area contributed by atoms with E-state index in [0.29, 0.717) is 24.4 Å². The van der Waals surface area contributed by atoms with Crippen LogP contribution in [0.25, 0.3) is 11.0 Å². The molecule has 3 aromatic rings. The van der Waals surface area contributed by atoms with Gasteiger partial charge in [0.25, 0.3) is 0 Å². The smallest absolute Gasteiger partial charge is 0.321 e. The highest BCUT2D eigenvalue weighted by Gasteiger charge is 2.10. The number of urea groups is 1. The minimum absolute atomic E-state index is 0.0624. The molecule has 0 unspecified atom stereocenters. The Morgan fingerprint density at radius 3 is 2.72 bits per heavy atom. The van der Waals surface area contributed by atoms with Crippen molar-refractivity contribution in [3.8, 4) is 5.75 Å². The number of nitrogens with one attached hydrogen (secondary N) is 3. The third-order valence-corrected chi connectivity index (χ3v) is 4.41. The molecular weight excluding hydrogens is 370 g/mol. The Bertz CT molecular complexity index is 1030. The molecular formula is C21H25N5O3. The van der Waals surface area contributed by atoms with E-state index in [4.69, 9.17) is 4.74 Å². The minimum atomic E-state index is -0.362. The van der Waals surface area contributed by atoms with Gasteiger partial charge in [0.05, 0.1) is 11.0 Å². The quantitative estimate of drug-likeness (QED) is 0.536. The van der Waals surface area contributed by atoms with Crippen molar-refractivity contribution >= 4 is 28.7 Å². The summed E-state index contributed by atoms with van der Waals surface area (Å²) in [5.74, 6) is 1.50. The summed E-state index contributed by atoms with van der Waals surface area (Å²) in [4.78, 5) is 27.7. The molecule has 0 aliphatic carbocycles. The molecule has 0 bridgehead atoms. The molecule has 2 aromatic carbocycles. The van der Waals surface area contributed by atoms with Crippen molar-refractivity contribution in [3.05, 3.63) is 53.9 Å². The summed E-state index contributed by atoms with van der Waals surface area (Å²) in [5.41, 5.74) is 3.46. The first-order chi connectivity index (χ1) is 13.9. The van der Waals surface area contributed by atoms with Gasteiger partial charge in [-0.05, 0) is 42.8 Å². The van der Waals surface area contributed by atoms with Crippen LogP contribution < -0.4 is 20.7 Å². The summed E-state index contributed by atoms with van der Waals surface area (Å²) in [7, 11) is 1.93. The van der Waals surface area contributed by atoms with Crippen LogP contribution in [-0.4, -0.2) is 34.8 Å². The maximum absolute atomic E-state index is 12.1. The van der Waals surface area contributed by atoms with Gasteiger partial charge in [-0.2, -0.15) is 0 Å². The molecule has 0 saturated heterocycles. The maximum atomic E-state index is 12.1. The summed E-state index contributed by atoms with van der Waals surface area (Å²) in [6.07, 6.45) is 0.629. The summed E-state index contributed by atoms with van der Waals surface area (Å²) in [6, 6.07) is 12.8. The Morgan fingerprint density at radius 2 is 1.97 bits per heavy atom. The van der Waals surface area contributed by atoms with Gasteiger partial charge in [0.1, 0.15) is 11.6 Å². The second-order valence-electron chi connectivity index (χ2n) is 6.76. The fourth-order valence-electron chi connectivity index (χ4n) is 2.97. The van der Waals surface area contributed by atoms with Gasteiger partial charge in [0.2, 0.25) is 5.91 Å². The van der Waals surface area contributed by atoms with Crippen LogP contribution in [0.1, 0.15) is 18.3 Å². The molecule has 8 nitrogen and oxygen atoms in total. The number of imidazole rings is 1. The van der Waals surface area contributed by atoms with Crippen LogP contribution in [-0.2, 0) is 18.3 Å². The van der Waals surface area contributed by atoms with Crippen LogP contribution in [0.2, 0.25) is 0 Å². The van der Waals surface area contributed by atoms with Gasteiger partial charge in [-0.3, -0.25) is 4.79 Å². The monoisotopic (exact) mass is 395 g/mol.